The fourth-order valence-electron chi connectivity index (χ4n) is 6.80. The number of hydrogen-bond donors (Lipinski definition) is 3. The number of hydrogen-bond acceptors (Lipinski definition) is 6. The van der Waals surface area contributed by atoms with Gasteiger partial charge in [-0.15, -0.1) is 0 Å². The van der Waals surface area contributed by atoms with Gasteiger partial charge in [0.15, 0.2) is 0 Å². The van der Waals surface area contributed by atoms with Gasteiger partial charge in [0.05, 0.1) is 18.1 Å². The molecular formula is C32H39BrClN9O3. The lowest BCUT2D eigenvalue weighted by atomic mass is 9.95. The number of aromatic nitrogens is 3. The van der Waals surface area contributed by atoms with Gasteiger partial charge in [-0.1, -0.05) is 17.7 Å². The summed E-state index contributed by atoms with van der Waals surface area (Å²) in [5.74, 6) is -0.192. The molecule has 2 fully saturated rings. The SMILES string of the molecule is NC(=O)N1CCC(NC(=O)N2CCN(C3c4ccc(Cl)cc4CCc4cc(Br)cnc43)CC2C(=O)NCCCn2ccnc2)CC1. The van der Waals surface area contributed by atoms with Crippen LogP contribution in [0.3, 0.4) is 0 Å². The normalized spacial score (nSPS) is 20.4. The fraction of sp³-hybridized carbons (Fsp3) is 0.469. The molecule has 2 saturated heterocycles. The largest absolute Gasteiger partial charge is 0.354 e. The average molecular weight is 713 g/mol. The predicted molar refractivity (Wildman–Crippen MR) is 177 cm³/mol. The highest BCUT2D eigenvalue weighted by molar-refractivity contribution is 9.10. The van der Waals surface area contributed by atoms with Crippen LogP contribution in [-0.2, 0) is 24.2 Å². The Morgan fingerprint density at radius 3 is 2.63 bits per heavy atom. The highest BCUT2D eigenvalue weighted by Crippen LogP contribution is 2.38. The van der Waals surface area contributed by atoms with Crippen molar-refractivity contribution in [2.75, 3.05) is 39.3 Å². The van der Waals surface area contributed by atoms with Crippen LogP contribution in [0.2, 0.25) is 5.02 Å². The highest BCUT2D eigenvalue weighted by Gasteiger charge is 2.41. The Balaban J connectivity index is 1.23. The second-order valence-electron chi connectivity index (χ2n) is 12.1. The van der Waals surface area contributed by atoms with Gasteiger partial charge < -0.3 is 30.7 Å². The number of rotatable bonds is 7. The van der Waals surface area contributed by atoms with E-state index in [0.717, 1.165) is 52.7 Å². The molecule has 2 atom stereocenters. The van der Waals surface area contributed by atoms with Crippen molar-refractivity contribution in [2.45, 2.75) is 56.8 Å². The van der Waals surface area contributed by atoms with Gasteiger partial charge in [-0.2, -0.15) is 0 Å². The molecule has 1 aromatic carbocycles. The van der Waals surface area contributed by atoms with E-state index >= 15 is 0 Å². The second-order valence-corrected chi connectivity index (χ2v) is 13.5. The van der Waals surface area contributed by atoms with Gasteiger partial charge in [0.2, 0.25) is 5.91 Å². The quantitative estimate of drug-likeness (QED) is 0.321. The Morgan fingerprint density at radius 2 is 1.87 bits per heavy atom. The number of primary amides is 1. The van der Waals surface area contributed by atoms with Crippen molar-refractivity contribution in [3.8, 4) is 0 Å². The molecule has 3 aliphatic rings. The van der Waals surface area contributed by atoms with Crippen LogP contribution in [0.1, 0.15) is 47.7 Å². The summed E-state index contributed by atoms with van der Waals surface area (Å²) in [5, 5.41) is 6.91. The van der Waals surface area contributed by atoms with Gasteiger partial charge in [0.25, 0.3) is 0 Å². The molecule has 0 bridgehead atoms. The van der Waals surface area contributed by atoms with Gasteiger partial charge in [-0.25, -0.2) is 14.6 Å². The molecule has 3 aromatic rings. The first kappa shape index (κ1) is 32.3. The molecule has 2 unspecified atom stereocenters. The molecule has 2 aromatic heterocycles. The molecule has 0 saturated carbocycles. The Hall–Kier alpha value is -3.68. The minimum Gasteiger partial charge on any atom is -0.354 e. The zero-order valence-electron chi connectivity index (χ0n) is 25.6. The molecule has 2 aliphatic heterocycles. The standard InChI is InChI=1S/C32H39BrClN9O3/c33-23-16-22-3-2-21-17-24(34)4-5-26(21)29(28(22)38-18-23)42-14-15-43(32(46)39-25-6-11-41(12-7-25)31(35)45)27(19-42)30(44)37-8-1-10-40-13-9-36-20-40/h4-5,9,13,16-18,20,25,27,29H,1-3,6-8,10-12,14-15,19H2,(H2,35,45)(H,37,44)(H,39,46). The van der Waals surface area contributed by atoms with Crippen LogP contribution >= 0.6 is 27.5 Å². The van der Waals surface area contributed by atoms with E-state index in [4.69, 9.17) is 22.3 Å². The van der Waals surface area contributed by atoms with Crippen LogP contribution in [0.5, 0.6) is 0 Å². The van der Waals surface area contributed by atoms with Crippen molar-refractivity contribution in [3.05, 3.63) is 81.1 Å². The number of imidazole rings is 1. The number of aryl methyl sites for hydroxylation is 3. The van der Waals surface area contributed by atoms with Gasteiger partial charge in [0.1, 0.15) is 6.04 Å². The number of fused-ring (bicyclic) bond motifs is 2. The number of piperazine rings is 1. The topological polar surface area (TPSA) is 142 Å². The first-order valence-corrected chi connectivity index (χ1v) is 17.0. The zero-order valence-corrected chi connectivity index (χ0v) is 27.9. The van der Waals surface area contributed by atoms with E-state index in [9.17, 15) is 14.4 Å². The fourth-order valence-corrected chi connectivity index (χ4v) is 7.37. The summed E-state index contributed by atoms with van der Waals surface area (Å²) in [6.07, 6.45) is 10.8. The Kier molecular flexibility index (Phi) is 10.1. The minimum atomic E-state index is -0.717. The number of urea groups is 2. The van der Waals surface area contributed by atoms with E-state index in [1.807, 2.05) is 29.1 Å². The van der Waals surface area contributed by atoms with Crippen LogP contribution in [0.25, 0.3) is 0 Å². The molecule has 5 amide bonds. The van der Waals surface area contributed by atoms with E-state index in [1.165, 1.54) is 0 Å². The summed E-state index contributed by atoms with van der Waals surface area (Å²) in [7, 11) is 0. The molecule has 0 spiro atoms. The lowest BCUT2D eigenvalue weighted by Gasteiger charge is -2.44. The van der Waals surface area contributed by atoms with Crippen LogP contribution in [0.4, 0.5) is 9.59 Å². The van der Waals surface area contributed by atoms with Crippen LogP contribution in [-0.4, -0.2) is 98.6 Å². The molecule has 244 valence electrons. The van der Waals surface area contributed by atoms with Crippen LogP contribution in [0.15, 0.2) is 53.7 Å². The van der Waals surface area contributed by atoms with Crippen molar-refractivity contribution in [1.29, 1.82) is 0 Å². The number of piperidine rings is 1. The minimum absolute atomic E-state index is 0.104. The van der Waals surface area contributed by atoms with Crippen LogP contribution < -0.4 is 16.4 Å². The van der Waals surface area contributed by atoms with Gasteiger partial charge in [-0.05, 0) is 82.9 Å². The summed E-state index contributed by atoms with van der Waals surface area (Å²) in [6.45, 7) is 3.44. The number of amides is 5. The molecule has 1 aliphatic carbocycles. The molecule has 4 N–H and O–H groups in total. The third-order valence-corrected chi connectivity index (χ3v) is 9.89. The van der Waals surface area contributed by atoms with Gasteiger partial charge in [0, 0.05) is 79.9 Å². The third kappa shape index (κ3) is 7.31. The molecular weight excluding hydrogens is 674 g/mol. The maximum atomic E-state index is 13.9. The number of likely N-dealkylation sites (tertiary alicyclic amines) is 1. The second kappa shape index (κ2) is 14.4. The maximum absolute atomic E-state index is 13.9. The molecule has 46 heavy (non-hydrogen) atoms. The number of nitrogens with one attached hydrogen (secondary N) is 2. The molecule has 0 radical (unpaired) electrons. The van der Waals surface area contributed by atoms with Crippen molar-refractivity contribution in [1.82, 2.24) is 39.9 Å². The number of carbonyl (C=O) groups is 3. The predicted octanol–water partition coefficient (Wildman–Crippen LogP) is 3.33. The van der Waals surface area contributed by atoms with Crippen molar-refractivity contribution in [2.24, 2.45) is 5.73 Å². The Bertz CT molecular complexity index is 1510. The number of halogens is 2. The number of carbonyl (C=O) groups excluding carboxylic acids is 3. The summed E-state index contributed by atoms with van der Waals surface area (Å²) < 4.78 is 2.89. The molecule has 6 rings (SSSR count). The van der Waals surface area contributed by atoms with Crippen molar-refractivity contribution in [3.63, 3.8) is 0 Å². The zero-order chi connectivity index (χ0) is 32.2. The molecule has 4 heterocycles. The summed E-state index contributed by atoms with van der Waals surface area (Å²) in [6, 6.07) is 6.40. The van der Waals surface area contributed by atoms with Gasteiger partial charge in [-0.3, -0.25) is 14.7 Å². The van der Waals surface area contributed by atoms with Crippen molar-refractivity contribution >= 4 is 45.5 Å². The smallest absolute Gasteiger partial charge is 0.318 e. The highest BCUT2D eigenvalue weighted by atomic mass is 79.9. The summed E-state index contributed by atoms with van der Waals surface area (Å²) >= 11 is 10.0. The van der Waals surface area contributed by atoms with E-state index in [-0.39, 0.29) is 24.0 Å². The maximum Gasteiger partial charge on any atom is 0.318 e. The number of nitrogens with zero attached hydrogens (tertiary/aromatic N) is 6. The lowest BCUT2D eigenvalue weighted by Crippen LogP contribution is -2.64. The first-order chi connectivity index (χ1) is 22.3. The van der Waals surface area contributed by atoms with E-state index in [2.05, 4.69) is 48.6 Å². The third-order valence-electron chi connectivity index (χ3n) is 9.22. The summed E-state index contributed by atoms with van der Waals surface area (Å²) in [5.41, 5.74) is 9.84. The summed E-state index contributed by atoms with van der Waals surface area (Å²) in [4.78, 5) is 53.7. The van der Waals surface area contributed by atoms with E-state index < -0.39 is 12.1 Å². The van der Waals surface area contributed by atoms with E-state index in [1.54, 1.807) is 22.3 Å². The van der Waals surface area contributed by atoms with Crippen molar-refractivity contribution < 1.29 is 14.4 Å². The van der Waals surface area contributed by atoms with Crippen LogP contribution in [0, 0.1) is 0 Å². The molecule has 12 nitrogen and oxygen atoms in total. The number of pyridine rings is 1. The van der Waals surface area contributed by atoms with E-state index in [0.29, 0.717) is 57.1 Å². The number of nitrogens with two attached hydrogens (primary N) is 1. The first-order valence-electron chi connectivity index (χ1n) is 15.8. The molecule has 14 heteroatoms. The monoisotopic (exact) mass is 711 g/mol. The number of benzene rings is 1. The lowest BCUT2D eigenvalue weighted by molar-refractivity contribution is -0.127. The average Bonchev–Trinajstić information content (AvgIpc) is 3.52. The Labute approximate surface area is 281 Å². The van der Waals surface area contributed by atoms with Gasteiger partial charge >= 0.3 is 12.1 Å². The Morgan fingerprint density at radius 1 is 1.07 bits per heavy atom.